The van der Waals surface area contributed by atoms with Crippen molar-refractivity contribution in [1.29, 1.82) is 0 Å². The molecule has 2 N–H and O–H groups in total. The number of nitrogens with one attached hydrogen (secondary N) is 2. The van der Waals surface area contributed by atoms with Gasteiger partial charge in [-0.25, -0.2) is 0 Å². The highest BCUT2D eigenvalue weighted by molar-refractivity contribution is 4.87. The molecule has 4 unspecified atom stereocenters. The van der Waals surface area contributed by atoms with E-state index in [1.54, 1.807) is 0 Å². The molecule has 112 valence electrons. The van der Waals surface area contributed by atoms with Crippen molar-refractivity contribution in [2.24, 2.45) is 17.8 Å². The van der Waals surface area contributed by atoms with Gasteiger partial charge in [-0.15, -0.1) is 0 Å². The lowest BCUT2D eigenvalue weighted by Gasteiger charge is -2.41. The highest BCUT2D eigenvalue weighted by atomic mass is 14.9. The van der Waals surface area contributed by atoms with Crippen LogP contribution >= 0.6 is 0 Å². The lowest BCUT2D eigenvalue weighted by atomic mass is 9.67. The molecular formula is C17H34N2. The van der Waals surface area contributed by atoms with Gasteiger partial charge in [0.1, 0.15) is 0 Å². The Labute approximate surface area is 120 Å². The van der Waals surface area contributed by atoms with Crippen molar-refractivity contribution >= 4 is 0 Å². The van der Waals surface area contributed by atoms with Crippen molar-refractivity contribution < 1.29 is 0 Å². The van der Waals surface area contributed by atoms with Crippen LogP contribution in [0.4, 0.5) is 0 Å². The number of hydrogen-bond donors (Lipinski definition) is 2. The Morgan fingerprint density at radius 2 is 1.32 bits per heavy atom. The van der Waals surface area contributed by atoms with E-state index in [2.05, 4.69) is 31.7 Å². The third kappa shape index (κ3) is 3.95. The fourth-order valence-corrected chi connectivity index (χ4v) is 4.81. The molecule has 0 aliphatic heterocycles. The molecule has 4 atom stereocenters. The third-order valence-corrected chi connectivity index (χ3v) is 5.93. The summed E-state index contributed by atoms with van der Waals surface area (Å²) < 4.78 is 0. The van der Waals surface area contributed by atoms with Crippen LogP contribution < -0.4 is 10.6 Å². The second-order valence-electron chi connectivity index (χ2n) is 6.90. The van der Waals surface area contributed by atoms with Gasteiger partial charge in [0.15, 0.2) is 0 Å². The maximum atomic E-state index is 3.52. The van der Waals surface area contributed by atoms with E-state index in [1.807, 2.05) is 0 Å². The summed E-state index contributed by atoms with van der Waals surface area (Å²) in [5, 5.41) is 7.05. The third-order valence-electron chi connectivity index (χ3n) is 5.93. The largest absolute Gasteiger partial charge is 0.317 e. The first-order valence-corrected chi connectivity index (χ1v) is 8.63. The molecule has 2 aliphatic rings. The molecule has 0 aromatic heterocycles. The zero-order chi connectivity index (χ0) is 13.7. The van der Waals surface area contributed by atoms with Gasteiger partial charge in [-0.3, -0.25) is 0 Å². The minimum absolute atomic E-state index is 0.788. The smallest absolute Gasteiger partial charge is 0.00668 e. The summed E-state index contributed by atoms with van der Waals surface area (Å²) in [5.41, 5.74) is 0. The lowest BCUT2D eigenvalue weighted by Crippen LogP contribution is -2.39. The van der Waals surface area contributed by atoms with E-state index in [0.717, 1.165) is 29.8 Å². The van der Waals surface area contributed by atoms with Crippen LogP contribution in [-0.4, -0.2) is 26.2 Å². The molecule has 0 bridgehead atoms. The average Bonchev–Trinajstić information content (AvgIpc) is 2.48. The Kier molecular flexibility index (Phi) is 6.15. The molecular weight excluding hydrogens is 232 g/mol. The van der Waals surface area contributed by atoms with E-state index in [0.29, 0.717) is 0 Å². The van der Waals surface area contributed by atoms with E-state index < -0.39 is 0 Å². The Balaban J connectivity index is 1.94. The predicted molar refractivity (Wildman–Crippen MR) is 83.4 cm³/mol. The molecule has 2 heteroatoms. The van der Waals surface area contributed by atoms with E-state index in [4.69, 9.17) is 0 Å². The predicted octanol–water partition coefficient (Wildman–Crippen LogP) is 3.57. The van der Waals surface area contributed by atoms with Gasteiger partial charge in [0, 0.05) is 12.1 Å². The van der Waals surface area contributed by atoms with E-state index in [-0.39, 0.29) is 0 Å². The maximum Gasteiger partial charge on any atom is 0.00668 e. The van der Waals surface area contributed by atoms with Crippen LogP contribution in [0.3, 0.4) is 0 Å². The Morgan fingerprint density at radius 3 is 1.68 bits per heavy atom. The monoisotopic (exact) mass is 266 g/mol. The molecule has 0 amide bonds. The summed E-state index contributed by atoms with van der Waals surface area (Å²) >= 11 is 0. The van der Waals surface area contributed by atoms with Crippen molar-refractivity contribution in [3.8, 4) is 0 Å². The fraction of sp³-hybridized carbons (Fsp3) is 1.00. The van der Waals surface area contributed by atoms with Crippen molar-refractivity contribution in [2.75, 3.05) is 14.1 Å². The van der Waals surface area contributed by atoms with Crippen LogP contribution in [0.15, 0.2) is 0 Å². The Bertz CT molecular complexity index is 230. The van der Waals surface area contributed by atoms with Crippen LogP contribution in [0.1, 0.15) is 64.7 Å². The van der Waals surface area contributed by atoms with Crippen LogP contribution in [0.5, 0.6) is 0 Å². The van der Waals surface area contributed by atoms with E-state index in [1.165, 1.54) is 57.8 Å². The van der Waals surface area contributed by atoms with Gasteiger partial charge in [-0.05, 0) is 57.5 Å². The van der Waals surface area contributed by atoms with Gasteiger partial charge in [0.05, 0.1) is 0 Å². The highest BCUT2D eigenvalue weighted by Gasteiger charge is 2.34. The van der Waals surface area contributed by atoms with Gasteiger partial charge in [-0.2, -0.15) is 0 Å². The quantitative estimate of drug-likeness (QED) is 0.795. The summed E-state index contributed by atoms with van der Waals surface area (Å²) in [7, 11) is 4.29. The van der Waals surface area contributed by atoms with E-state index >= 15 is 0 Å². The standard InChI is InChI=1S/C17H34N2/c1-4-17(13-7-5-9-15(11-13)18-2)14-8-6-10-16(12-14)19-3/h13-19H,4-12H2,1-3H3. The minimum Gasteiger partial charge on any atom is -0.317 e. The topological polar surface area (TPSA) is 24.1 Å². The van der Waals surface area contributed by atoms with Gasteiger partial charge >= 0.3 is 0 Å². The second-order valence-corrected chi connectivity index (χ2v) is 6.90. The molecule has 19 heavy (non-hydrogen) atoms. The summed E-state index contributed by atoms with van der Waals surface area (Å²) in [6.45, 7) is 2.43. The van der Waals surface area contributed by atoms with Crippen molar-refractivity contribution in [3.63, 3.8) is 0 Å². The molecule has 0 aromatic carbocycles. The SMILES string of the molecule is CCC(C1CCCC(NC)C1)C1CCCC(NC)C1. The molecule has 2 nitrogen and oxygen atoms in total. The molecule has 2 aliphatic carbocycles. The summed E-state index contributed by atoms with van der Waals surface area (Å²) in [6, 6.07) is 1.58. The number of hydrogen-bond acceptors (Lipinski definition) is 2. The first kappa shape index (κ1) is 15.3. The minimum atomic E-state index is 0.788. The average molecular weight is 266 g/mol. The molecule has 0 spiro atoms. The highest BCUT2D eigenvalue weighted by Crippen LogP contribution is 2.41. The van der Waals surface area contributed by atoms with Crippen LogP contribution in [-0.2, 0) is 0 Å². The zero-order valence-electron chi connectivity index (χ0n) is 13.3. The lowest BCUT2D eigenvalue weighted by molar-refractivity contribution is 0.116. The summed E-state index contributed by atoms with van der Waals surface area (Å²) in [5.74, 6) is 2.95. The number of rotatable bonds is 5. The van der Waals surface area contributed by atoms with Gasteiger partial charge in [-0.1, -0.05) is 39.0 Å². The summed E-state index contributed by atoms with van der Waals surface area (Å²) in [4.78, 5) is 0. The molecule has 0 radical (unpaired) electrons. The van der Waals surface area contributed by atoms with Crippen LogP contribution in [0, 0.1) is 17.8 Å². The molecule has 0 aromatic rings. The van der Waals surface area contributed by atoms with Crippen molar-refractivity contribution in [1.82, 2.24) is 10.6 Å². The van der Waals surface area contributed by atoms with Crippen LogP contribution in [0.25, 0.3) is 0 Å². The first-order chi connectivity index (χ1) is 9.28. The fourth-order valence-electron chi connectivity index (χ4n) is 4.81. The molecule has 0 saturated heterocycles. The second kappa shape index (κ2) is 7.64. The first-order valence-electron chi connectivity index (χ1n) is 8.63. The van der Waals surface area contributed by atoms with Crippen molar-refractivity contribution in [3.05, 3.63) is 0 Å². The molecule has 2 saturated carbocycles. The molecule has 2 rings (SSSR count). The Morgan fingerprint density at radius 1 is 0.842 bits per heavy atom. The van der Waals surface area contributed by atoms with Crippen molar-refractivity contribution in [2.45, 2.75) is 76.8 Å². The van der Waals surface area contributed by atoms with Gasteiger partial charge in [0.25, 0.3) is 0 Å². The molecule has 0 heterocycles. The van der Waals surface area contributed by atoms with Crippen LogP contribution in [0.2, 0.25) is 0 Å². The Hall–Kier alpha value is -0.0800. The summed E-state index contributed by atoms with van der Waals surface area (Å²) in [6.07, 6.45) is 12.9. The normalized spacial score (nSPS) is 38.1. The molecule has 2 fully saturated rings. The zero-order valence-corrected chi connectivity index (χ0v) is 13.3. The van der Waals surface area contributed by atoms with Gasteiger partial charge in [0.2, 0.25) is 0 Å². The van der Waals surface area contributed by atoms with Gasteiger partial charge < -0.3 is 10.6 Å². The van der Waals surface area contributed by atoms with E-state index in [9.17, 15) is 0 Å². The maximum absolute atomic E-state index is 3.52.